The largest absolute Gasteiger partial charge is 0.347 e. The molecule has 0 aliphatic heterocycles. The van der Waals surface area contributed by atoms with E-state index in [-0.39, 0.29) is 11.5 Å². The van der Waals surface area contributed by atoms with Gasteiger partial charge < -0.3 is 4.29 Å². The van der Waals surface area contributed by atoms with E-state index in [1.54, 1.807) is 6.92 Å². The van der Waals surface area contributed by atoms with Gasteiger partial charge in [0.15, 0.2) is 0 Å². The Kier molecular flexibility index (Phi) is 5.73. The standard InChI is InChI=1S/C11H21ClO4/c1-8(9(13)14-12)7-11(5,6)16-15-10(2,3)4/h8H,7H2,1-6H3. The van der Waals surface area contributed by atoms with Crippen molar-refractivity contribution in [1.82, 2.24) is 0 Å². The van der Waals surface area contributed by atoms with Crippen LogP contribution in [0, 0.1) is 5.92 Å². The fourth-order valence-electron chi connectivity index (χ4n) is 1.17. The molecule has 0 radical (unpaired) electrons. The van der Waals surface area contributed by atoms with E-state index in [2.05, 4.69) is 4.29 Å². The van der Waals surface area contributed by atoms with Gasteiger partial charge in [0.2, 0.25) is 0 Å². The van der Waals surface area contributed by atoms with E-state index < -0.39 is 11.6 Å². The molecule has 1 atom stereocenters. The molecule has 0 saturated carbocycles. The lowest BCUT2D eigenvalue weighted by Crippen LogP contribution is -2.33. The summed E-state index contributed by atoms with van der Waals surface area (Å²) in [4.78, 5) is 21.7. The number of halogens is 1. The fraction of sp³-hybridized carbons (Fsp3) is 0.909. The van der Waals surface area contributed by atoms with Crippen LogP contribution in [0.5, 0.6) is 0 Å². The Morgan fingerprint density at radius 2 is 1.69 bits per heavy atom. The van der Waals surface area contributed by atoms with Crippen molar-refractivity contribution in [2.45, 2.75) is 59.2 Å². The van der Waals surface area contributed by atoms with E-state index in [0.29, 0.717) is 6.42 Å². The van der Waals surface area contributed by atoms with Gasteiger partial charge in [-0.05, 0) is 41.0 Å². The number of rotatable bonds is 5. The molecule has 1 unspecified atom stereocenters. The van der Waals surface area contributed by atoms with Crippen molar-refractivity contribution in [3.63, 3.8) is 0 Å². The maximum absolute atomic E-state index is 11.1. The zero-order chi connectivity index (χ0) is 13.0. The molecule has 16 heavy (non-hydrogen) atoms. The lowest BCUT2D eigenvalue weighted by Gasteiger charge is -2.29. The summed E-state index contributed by atoms with van der Waals surface area (Å²) in [5, 5.41) is 0. The summed E-state index contributed by atoms with van der Waals surface area (Å²) in [7, 11) is 0. The lowest BCUT2D eigenvalue weighted by atomic mass is 9.95. The molecule has 0 spiro atoms. The van der Waals surface area contributed by atoms with Crippen LogP contribution in [0.3, 0.4) is 0 Å². The summed E-state index contributed by atoms with van der Waals surface area (Å²) in [6.45, 7) is 11.1. The summed E-state index contributed by atoms with van der Waals surface area (Å²) < 4.78 is 4.14. The molecule has 0 aromatic carbocycles. The minimum absolute atomic E-state index is 0.337. The summed E-state index contributed by atoms with van der Waals surface area (Å²) in [5.74, 6) is -0.801. The van der Waals surface area contributed by atoms with Gasteiger partial charge in [0, 0.05) is 0 Å². The minimum Gasteiger partial charge on any atom is -0.347 e. The van der Waals surface area contributed by atoms with Gasteiger partial charge in [-0.25, -0.2) is 9.78 Å². The highest BCUT2D eigenvalue weighted by atomic mass is 35.5. The van der Waals surface area contributed by atoms with Crippen LogP contribution in [0.1, 0.15) is 48.0 Å². The molecule has 0 aromatic heterocycles. The highest BCUT2D eigenvalue weighted by Crippen LogP contribution is 2.24. The third-order valence-corrected chi connectivity index (χ3v) is 1.95. The quantitative estimate of drug-likeness (QED) is 0.557. The third kappa shape index (κ3) is 7.04. The van der Waals surface area contributed by atoms with Crippen molar-refractivity contribution in [2.24, 2.45) is 5.92 Å². The fourth-order valence-corrected chi connectivity index (χ4v) is 1.32. The van der Waals surface area contributed by atoms with Crippen LogP contribution in [-0.2, 0) is 18.9 Å². The van der Waals surface area contributed by atoms with Crippen LogP contribution in [0.2, 0.25) is 0 Å². The van der Waals surface area contributed by atoms with Crippen molar-refractivity contribution in [2.75, 3.05) is 0 Å². The monoisotopic (exact) mass is 252 g/mol. The molecule has 0 fully saturated rings. The van der Waals surface area contributed by atoms with Crippen LogP contribution in [0.15, 0.2) is 0 Å². The normalized spacial score (nSPS) is 14.7. The van der Waals surface area contributed by atoms with E-state index in [0.717, 1.165) is 0 Å². The molecule has 4 nitrogen and oxygen atoms in total. The Morgan fingerprint density at radius 3 is 2.06 bits per heavy atom. The smallest absolute Gasteiger partial charge is 0.327 e. The summed E-state index contributed by atoms with van der Waals surface area (Å²) in [6.07, 6.45) is 0.467. The van der Waals surface area contributed by atoms with Gasteiger partial charge in [-0.15, -0.1) is 0 Å². The number of hydrogen-bond acceptors (Lipinski definition) is 4. The van der Waals surface area contributed by atoms with E-state index in [1.807, 2.05) is 34.6 Å². The Balaban J connectivity index is 4.19. The Labute approximate surface area is 102 Å². The Hall–Kier alpha value is -0.320. The van der Waals surface area contributed by atoms with Crippen LogP contribution in [0.25, 0.3) is 0 Å². The molecule has 0 aliphatic rings. The topological polar surface area (TPSA) is 44.8 Å². The second kappa shape index (κ2) is 5.84. The summed E-state index contributed by atoms with van der Waals surface area (Å²) in [6, 6.07) is 0. The summed E-state index contributed by atoms with van der Waals surface area (Å²) in [5.41, 5.74) is -0.953. The first kappa shape index (κ1) is 15.7. The molecule has 0 N–H and O–H groups in total. The maximum Gasteiger partial charge on any atom is 0.327 e. The molecule has 5 heteroatoms. The van der Waals surface area contributed by atoms with Crippen molar-refractivity contribution in [3.05, 3.63) is 0 Å². The SMILES string of the molecule is CC(CC(C)(C)OOC(C)(C)C)C(=O)OCl. The van der Waals surface area contributed by atoms with Gasteiger partial charge in [0.25, 0.3) is 0 Å². The van der Waals surface area contributed by atoms with Gasteiger partial charge in [-0.3, -0.25) is 4.79 Å². The molecule has 0 heterocycles. The van der Waals surface area contributed by atoms with Crippen molar-refractivity contribution in [1.29, 1.82) is 0 Å². The molecule has 96 valence electrons. The van der Waals surface area contributed by atoms with Crippen LogP contribution in [0.4, 0.5) is 0 Å². The highest BCUT2D eigenvalue weighted by Gasteiger charge is 2.29. The van der Waals surface area contributed by atoms with Gasteiger partial charge in [0.05, 0.1) is 17.1 Å². The van der Waals surface area contributed by atoms with E-state index in [4.69, 9.17) is 21.6 Å². The maximum atomic E-state index is 11.1. The minimum atomic E-state index is -0.572. The van der Waals surface area contributed by atoms with Gasteiger partial charge in [-0.1, -0.05) is 6.92 Å². The number of hydrogen-bond donors (Lipinski definition) is 0. The van der Waals surface area contributed by atoms with Crippen LogP contribution in [-0.4, -0.2) is 17.2 Å². The molecule has 0 amide bonds. The van der Waals surface area contributed by atoms with Crippen LogP contribution >= 0.6 is 11.9 Å². The predicted molar refractivity (Wildman–Crippen MR) is 61.7 cm³/mol. The Morgan fingerprint density at radius 1 is 1.19 bits per heavy atom. The van der Waals surface area contributed by atoms with E-state index in [9.17, 15) is 4.79 Å². The van der Waals surface area contributed by atoms with Gasteiger partial charge in [0.1, 0.15) is 11.9 Å². The third-order valence-electron chi connectivity index (χ3n) is 1.79. The number of carbonyl (C=O) groups excluding carboxylic acids is 1. The summed E-state index contributed by atoms with van der Waals surface area (Å²) >= 11 is 5.00. The molecule has 0 aromatic rings. The molecule has 0 aliphatic carbocycles. The second-order valence-corrected chi connectivity index (χ2v) is 5.69. The first-order chi connectivity index (χ1) is 7.07. The predicted octanol–water partition coefficient (Wildman–Crippen LogP) is 3.23. The molecular weight excluding hydrogens is 232 g/mol. The number of carbonyl (C=O) groups is 1. The van der Waals surface area contributed by atoms with Gasteiger partial charge in [-0.2, -0.15) is 0 Å². The molecule has 0 rings (SSSR count). The zero-order valence-electron chi connectivity index (χ0n) is 10.8. The lowest BCUT2D eigenvalue weighted by molar-refractivity contribution is -0.399. The molecular formula is C11H21ClO4. The van der Waals surface area contributed by atoms with E-state index in [1.165, 1.54) is 0 Å². The van der Waals surface area contributed by atoms with Gasteiger partial charge >= 0.3 is 5.97 Å². The van der Waals surface area contributed by atoms with Crippen LogP contribution < -0.4 is 0 Å². The second-order valence-electron chi connectivity index (χ2n) is 5.54. The average Bonchev–Trinajstić information content (AvgIpc) is 2.12. The zero-order valence-corrected chi connectivity index (χ0v) is 11.6. The highest BCUT2D eigenvalue weighted by molar-refractivity contribution is 6.13. The Bertz CT molecular complexity index is 233. The van der Waals surface area contributed by atoms with Crippen molar-refractivity contribution in [3.8, 4) is 0 Å². The first-order valence-electron chi connectivity index (χ1n) is 5.27. The van der Waals surface area contributed by atoms with Crippen molar-refractivity contribution >= 4 is 17.8 Å². The molecule has 0 bridgehead atoms. The average molecular weight is 253 g/mol. The first-order valence-corrected chi connectivity index (χ1v) is 5.57. The van der Waals surface area contributed by atoms with E-state index >= 15 is 0 Å². The molecule has 0 saturated heterocycles. The van der Waals surface area contributed by atoms with Crippen molar-refractivity contribution < 1.29 is 18.9 Å².